The summed E-state index contributed by atoms with van der Waals surface area (Å²) in [7, 11) is 0. The smallest absolute Gasteiger partial charge is 0.224 e. The van der Waals surface area contributed by atoms with Crippen molar-refractivity contribution in [2.24, 2.45) is 11.7 Å². The number of hydrogen-bond acceptors (Lipinski definition) is 4. The number of amides is 2. The first kappa shape index (κ1) is 19.2. The Kier molecular flexibility index (Phi) is 6.65. The molecule has 0 atom stereocenters. The number of rotatable bonds is 8. The van der Waals surface area contributed by atoms with E-state index in [9.17, 15) is 9.59 Å². The molecular weight excluding hydrogens is 342 g/mol. The van der Waals surface area contributed by atoms with Crippen molar-refractivity contribution in [2.75, 3.05) is 25.0 Å². The summed E-state index contributed by atoms with van der Waals surface area (Å²) >= 11 is 0. The van der Waals surface area contributed by atoms with Gasteiger partial charge >= 0.3 is 0 Å². The lowest BCUT2D eigenvalue weighted by molar-refractivity contribution is -0.123. The van der Waals surface area contributed by atoms with Gasteiger partial charge in [-0.05, 0) is 62.2 Å². The number of likely N-dealkylation sites (tertiary alicyclic amines) is 1. The average Bonchev–Trinajstić information content (AvgIpc) is 3.20. The monoisotopic (exact) mass is 369 g/mol. The van der Waals surface area contributed by atoms with Crippen LogP contribution in [0.5, 0.6) is 0 Å². The number of nitrogens with zero attached hydrogens (tertiary/aromatic N) is 1. The van der Waals surface area contributed by atoms with E-state index in [1.54, 1.807) is 6.26 Å². The van der Waals surface area contributed by atoms with Crippen LogP contribution in [0.4, 0.5) is 5.69 Å². The molecule has 3 rings (SSSR count). The minimum Gasteiger partial charge on any atom is -0.469 e. The fraction of sp³-hybridized carbons (Fsp3) is 0.429. The minimum absolute atomic E-state index is 0.0172. The van der Waals surface area contributed by atoms with E-state index in [1.807, 2.05) is 24.3 Å². The van der Waals surface area contributed by atoms with Gasteiger partial charge in [0.1, 0.15) is 5.76 Å². The zero-order valence-electron chi connectivity index (χ0n) is 15.5. The van der Waals surface area contributed by atoms with Crippen LogP contribution in [0.1, 0.15) is 30.6 Å². The van der Waals surface area contributed by atoms with E-state index in [0.29, 0.717) is 12.8 Å². The van der Waals surface area contributed by atoms with Gasteiger partial charge in [0.25, 0.3) is 0 Å². The molecule has 1 aliphatic heterocycles. The van der Waals surface area contributed by atoms with E-state index in [1.165, 1.54) is 5.56 Å². The predicted molar refractivity (Wildman–Crippen MR) is 104 cm³/mol. The lowest BCUT2D eigenvalue weighted by atomic mass is 9.96. The van der Waals surface area contributed by atoms with Crippen LogP contribution in [-0.2, 0) is 22.4 Å². The zero-order chi connectivity index (χ0) is 19.1. The Morgan fingerprint density at radius 1 is 1.11 bits per heavy atom. The van der Waals surface area contributed by atoms with E-state index in [-0.39, 0.29) is 17.7 Å². The number of carbonyl (C=O) groups excluding carboxylic acids is 2. The molecule has 0 radical (unpaired) electrons. The molecule has 3 N–H and O–H groups in total. The van der Waals surface area contributed by atoms with Crippen LogP contribution in [0.15, 0.2) is 47.1 Å². The van der Waals surface area contributed by atoms with Crippen molar-refractivity contribution in [2.45, 2.75) is 32.1 Å². The molecule has 6 nitrogen and oxygen atoms in total. The summed E-state index contributed by atoms with van der Waals surface area (Å²) in [6, 6.07) is 11.7. The maximum Gasteiger partial charge on any atom is 0.224 e. The highest BCUT2D eigenvalue weighted by molar-refractivity contribution is 5.90. The van der Waals surface area contributed by atoms with Crippen LogP contribution >= 0.6 is 0 Å². The van der Waals surface area contributed by atoms with Crippen LogP contribution in [-0.4, -0.2) is 36.3 Å². The number of primary amides is 1. The summed E-state index contributed by atoms with van der Waals surface area (Å²) < 4.78 is 5.24. The Bertz CT molecular complexity index is 733. The second kappa shape index (κ2) is 9.37. The highest BCUT2D eigenvalue weighted by atomic mass is 16.3. The SMILES string of the molecule is NC(=O)C1CCN(CCc2ccc(NC(=O)CCc3ccco3)cc2)CC1. The highest BCUT2D eigenvalue weighted by Crippen LogP contribution is 2.17. The number of aryl methyl sites for hydroxylation is 1. The van der Waals surface area contributed by atoms with Crippen LogP contribution in [0, 0.1) is 5.92 Å². The van der Waals surface area contributed by atoms with E-state index in [4.69, 9.17) is 10.2 Å². The normalized spacial score (nSPS) is 15.6. The third-order valence-corrected chi connectivity index (χ3v) is 5.12. The molecular formula is C21H27N3O3. The number of nitrogens with one attached hydrogen (secondary N) is 1. The molecule has 0 spiro atoms. The second-order valence-corrected chi connectivity index (χ2v) is 7.09. The first-order valence-electron chi connectivity index (χ1n) is 9.53. The fourth-order valence-electron chi connectivity index (χ4n) is 3.40. The standard InChI is InChI=1S/C21H27N3O3/c22-21(26)17-10-13-24(14-11-17)12-9-16-3-5-18(6-4-16)23-20(25)8-7-19-2-1-15-27-19/h1-6,15,17H,7-14H2,(H2,22,26)(H,23,25). The summed E-state index contributed by atoms with van der Waals surface area (Å²) in [6.45, 7) is 2.83. The van der Waals surface area contributed by atoms with Gasteiger partial charge in [-0.1, -0.05) is 12.1 Å². The van der Waals surface area contributed by atoms with E-state index >= 15 is 0 Å². The molecule has 144 valence electrons. The number of piperidine rings is 1. The second-order valence-electron chi connectivity index (χ2n) is 7.09. The summed E-state index contributed by atoms with van der Waals surface area (Å²) in [5.74, 6) is 0.671. The van der Waals surface area contributed by atoms with Gasteiger partial charge < -0.3 is 20.4 Å². The number of benzene rings is 1. The van der Waals surface area contributed by atoms with Crippen molar-refractivity contribution < 1.29 is 14.0 Å². The van der Waals surface area contributed by atoms with Crippen molar-refractivity contribution in [1.29, 1.82) is 0 Å². The van der Waals surface area contributed by atoms with Crippen molar-refractivity contribution >= 4 is 17.5 Å². The van der Waals surface area contributed by atoms with Gasteiger partial charge in [-0.25, -0.2) is 0 Å². The van der Waals surface area contributed by atoms with Crippen molar-refractivity contribution in [3.05, 3.63) is 54.0 Å². The third kappa shape index (κ3) is 5.96. The summed E-state index contributed by atoms with van der Waals surface area (Å²) in [5.41, 5.74) is 7.42. The van der Waals surface area contributed by atoms with Crippen molar-refractivity contribution in [3.8, 4) is 0 Å². The Labute approximate surface area is 159 Å². The maximum atomic E-state index is 12.0. The lowest BCUT2D eigenvalue weighted by Gasteiger charge is -2.30. The van der Waals surface area contributed by atoms with Gasteiger partial charge in [-0.2, -0.15) is 0 Å². The van der Waals surface area contributed by atoms with Gasteiger partial charge in [0.05, 0.1) is 6.26 Å². The predicted octanol–water partition coefficient (Wildman–Crippen LogP) is 2.59. The summed E-state index contributed by atoms with van der Waals surface area (Å²) in [5, 5.41) is 2.92. The first-order valence-corrected chi connectivity index (χ1v) is 9.53. The number of carbonyl (C=O) groups is 2. The molecule has 1 aliphatic rings. The quantitative estimate of drug-likeness (QED) is 0.748. The summed E-state index contributed by atoms with van der Waals surface area (Å²) in [4.78, 5) is 25.6. The number of nitrogens with two attached hydrogens (primary N) is 1. The molecule has 0 aliphatic carbocycles. The Morgan fingerprint density at radius 3 is 2.48 bits per heavy atom. The molecule has 2 aromatic rings. The molecule has 6 heteroatoms. The molecule has 2 heterocycles. The van der Waals surface area contributed by atoms with E-state index < -0.39 is 0 Å². The van der Waals surface area contributed by atoms with E-state index in [0.717, 1.165) is 50.3 Å². The Hall–Kier alpha value is -2.60. The van der Waals surface area contributed by atoms with Gasteiger partial charge in [-0.15, -0.1) is 0 Å². The Balaban J connectivity index is 1.38. The van der Waals surface area contributed by atoms with Gasteiger partial charge in [0, 0.05) is 31.0 Å². The van der Waals surface area contributed by atoms with Gasteiger partial charge in [0.2, 0.25) is 11.8 Å². The molecule has 0 unspecified atom stereocenters. The molecule has 1 saturated heterocycles. The van der Waals surface area contributed by atoms with Crippen LogP contribution < -0.4 is 11.1 Å². The Morgan fingerprint density at radius 2 is 1.85 bits per heavy atom. The van der Waals surface area contributed by atoms with Crippen LogP contribution in [0.3, 0.4) is 0 Å². The molecule has 0 bridgehead atoms. The van der Waals surface area contributed by atoms with Gasteiger partial charge in [0.15, 0.2) is 0 Å². The van der Waals surface area contributed by atoms with Crippen molar-refractivity contribution in [3.63, 3.8) is 0 Å². The lowest BCUT2D eigenvalue weighted by Crippen LogP contribution is -2.39. The third-order valence-electron chi connectivity index (χ3n) is 5.12. The molecule has 1 fully saturated rings. The van der Waals surface area contributed by atoms with Crippen molar-refractivity contribution in [1.82, 2.24) is 4.90 Å². The molecule has 2 amide bonds. The van der Waals surface area contributed by atoms with Crippen LogP contribution in [0.25, 0.3) is 0 Å². The minimum atomic E-state index is -0.170. The molecule has 0 saturated carbocycles. The fourth-order valence-corrected chi connectivity index (χ4v) is 3.40. The van der Waals surface area contributed by atoms with E-state index in [2.05, 4.69) is 22.3 Å². The number of furan rings is 1. The highest BCUT2D eigenvalue weighted by Gasteiger charge is 2.22. The maximum absolute atomic E-state index is 12.0. The zero-order valence-corrected chi connectivity index (χ0v) is 15.5. The molecule has 27 heavy (non-hydrogen) atoms. The van der Waals surface area contributed by atoms with Crippen LogP contribution in [0.2, 0.25) is 0 Å². The number of hydrogen-bond donors (Lipinski definition) is 2. The average molecular weight is 369 g/mol. The first-order chi connectivity index (χ1) is 13.1. The topological polar surface area (TPSA) is 88.6 Å². The molecule has 1 aromatic heterocycles. The summed E-state index contributed by atoms with van der Waals surface area (Å²) in [6.07, 6.45) is 5.29. The molecule has 1 aromatic carbocycles. The van der Waals surface area contributed by atoms with Gasteiger partial charge in [-0.3, -0.25) is 9.59 Å². The number of anilines is 1. The largest absolute Gasteiger partial charge is 0.469 e.